The first-order valence-corrected chi connectivity index (χ1v) is 9.99. The number of carbonyl (C=O) groups excluding carboxylic acids is 3. The summed E-state index contributed by atoms with van der Waals surface area (Å²) in [7, 11) is 0. The highest BCUT2D eigenvalue weighted by Crippen LogP contribution is 2.36. The van der Waals surface area contributed by atoms with Crippen molar-refractivity contribution < 1.29 is 19.1 Å². The monoisotopic (exact) mass is 438 g/mol. The lowest BCUT2D eigenvalue weighted by atomic mass is 10.2. The highest BCUT2D eigenvalue weighted by Gasteiger charge is 2.30. The van der Waals surface area contributed by atoms with Crippen LogP contribution < -0.4 is 10.6 Å². The number of para-hydroxylation sites is 1. The number of thioether (sulfide) groups is 1. The number of rotatable bonds is 5. The van der Waals surface area contributed by atoms with Gasteiger partial charge < -0.3 is 15.4 Å². The maximum absolute atomic E-state index is 12.2. The molecular formula is C19H16Cl2N2O4S. The number of halogens is 2. The van der Waals surface area contributed by atoms with Gasteiger partial charge in [-0.3, -0.25) is 14.4 Å². The number of benzene rings is 2. The third-order valence-electron chi connectivity index (χ3n) is 3.93. The number of hydrogen-bond donors (Lipinski definition) is 2. The average molecular weight is 439 g/mol. The van der Waals surface area contributed by atoms with Gasteiger partial charge in [0.1, 0.15) is 0 Å². The zero-order valence-electron chi connectivity index (χ0n) is 14.7. The molecule has 2 unspecified atom stereocenters. The summed E-state index contributed by atoms with van der Waals surface area (Å²) in [6, 6.07) is 12.0. The fourth-order valence-corrected chi connectivity index (χ4v) is 4.05. The van der Waals surface area contributed by atoms with E-state index in [1.807, 2.05) is 18.2 Å². The van der Waals surface area contributed by atoms with Crippen LogP contribution in [0.4, 0.5) is 11.4 Å². The summed E-state index contributed by atoms with van der Waals surface area (Å²) < 4.78 is 5.17. The number of ether oxygens (including phenoxy) is 1. The van der Waals surface area contributed by atoms with E-state index >= 15 is 0 Å². The molecule has 28 heavy (non-hydrogen) atoms. The van der Waals surface area contributed by atoms with E-state index in [0.29, 0.717) is 10.7 Å². The smallest absolute Gasteiger partial charge is 0.308 e. The first-order valence-electron chi connectivity index (χ1n) is 8.35. The number of anilines is 2. The zero-order valence-corrected chi connectivity index (χ0v) is 17.0. The molecule has 0 spiro atoms. The zero-order chi connectivity index (χ0) is 20.3. The van der Waals surface area contributed by atoms with Crippen molar-refractivity contribution in [3.05, 3.63) is 52.5 Å². The van der Waals surface area contributed by atoms with Gasteiger partial charge in [-0.25, -0.2) is 0 Å². The van der Waals surface area contributed by atoms with Crippen molar-refractivity contribution >= 4 is 64.1 Å². The third-order valence-corrected chi connectivity index (χ3v) is 5.75. The molecule has 0 aliphatic carbocycles. The molecule has 0 aromatic heterocycles. The van der Waals surface area contributed by atoms with Gasteiger partial charge in [-0.1, -0.05) is 35.3 Å². The van der Waals surface area contributed by atoms with E-state index in [0.717, 1.165) is 10.6 Å². The lowest BCUT2D eigenvalue weighted by Gasteiger charge is -2.23. The van der Waals surface area contributed by atoms with Crippen molar-refractivity contribution in [3.8, 4) is 0 Å². The standard InChI is InChI=1S/C19H16Cl2N2O4S/c1-10(18(25)22-13-7-6-11(20)8-12(13)21)27-17(24)9-16-19(26)23-14-4-2-3-5-15(14)28-16/h2-8,10,16H,9H2,1H3,(H,22,25)(H,23,26). The van der Waals surface area contributed by atoms with Gasteiger partial charge in [0.25, 0.3) is 5.91 Å². The van der Waals surface area contributed by atoms with Crippen LogP contribution in [0, 0.1) is 0 Å². The van der Waals surface area contributed by atoms with E-state index in [1.54, 1.807) is 18.2 Å². The molecule has 1 aliphatic heterocycles. The van der Waals surface area contributed by atoms with Gasteiger partial charge in [-0.15, -0.1) is 11.8 Å². The van der Waals surface area contributed by atoms with Crippen molar-refractivity contribution in [2.24, 2.45) is 0 Å². The molecule has 2 aromatic carbocycles. The van der Waals surface area contributed by atoms with Crippen LogP contribution in [0.25, 0.3) is 0 Å². The summed E-state index contributed by atoms with van der Waals surface area (Å²) >= 11 is 13.1. The highest BCUT2D eigenvalue weighted by molar-refractivity contribution is 8.01. The van der Waals surface area contributed by atoms with E-state index in [1.165, 1.54) is 24.8 Å². The number of esters is 1. The molecule has 146 valence electrons. The summed E-state index contributed by atoms with van der Waals surface area (Å²) in [5, 5.41) is 5.43. The van der Waals surface area contributed by atoms with Gasteiger partial charge in [0.15, 0.2) is 6.10 Å². The summed E-state index contributed by atoms with van der Waals surface area (Å²) in [4.78, 5) is 37.5. The molecule has 0 radical (unpaired) electrons. The van der Waals surface area contributed by atoms with Crippen LogP contribution >= 0.6 is 35.0 Å². The fraction of sp³-hybridized carbons (Fsp3) is 0.211. The molecule has 2 N–H and O–H groups in total. The maximum Gasteiger partial charge on any atom is 0.308 e. The van der Waals surface area contributed by atoms with Crippen LogP contribution in [-0.2, 0) is 19.1 Å². The van der Waals surface area contributed by atoms with Gasteiger partial charge in [-0.05, 0) is 37.3 Å². The van der Waals surface area contributed by atoms with Crippen LogP contribution in [0.2, 0.25) is 10.0 Å². The summed E-state index contributed by atoms with van der Waals surface area (Å²) in [5.41, 5.74) is 1.08. The summed E-state index contributed by atoms with van der Waals surface area (Å²) in [5.74, 6) is -1.45. The van der Waals surface area contributed by atoms with E-state index in [4.69, 9.17) is 27.9 Å². The average Bonchev–Trinajstić information content (AvgIpc) is 2.64. The van der Waals surface area contributed by atoms with Crippen LogP contribution in [0.15, 0.2) is 47.4 Å². The molecule has 0 bridgehead atoms. The van der Waals surface area contributed by atoms with Gasteiger partial charge in [-0.2, -0.15) is 0 Å². The largest absolute Gasteiger partial charge is 0.452 e. The third kappa shape index (κ3) is 4.98. The lowest BCUT2D eigenvalue weighted by Crippen LogP contribution is -2.34. The maximum atomic E-state index is 12.2. The molecule has 2 amide bonds. The number of amides is 2. The molecule has 1 aliphatic rings. The second-order valence-corrected chi connectivity index (χ2v) is 8.13. The highest BCUT2D eigenvalue weighted by atomic mass is 35.5. The Balaban J connectivity index is 1.55. The lowest BCUT2D eigenvalue weighted by molar-refractivity contribution is -0.153. The van der Waals surface area contributed by atoms with Crippen molar-refractivity contribution in [1.29, 1.82) is 0 Å². The Kier molecular flexibility index (Phi) is 6.49. The van der Waals surface area contributed by atoms with Crippen molar-refractivity contribution in [3.63, 3.8) is 0 Å². The van der Waals surface area contributed by atoms with Crippen molar-refractivity contribution in [1.82, 2.24) is 0 Å². The van der Waals surface area contributed by atoms with Crippen LogP contribution in [0.3, 0.4) is 0 Å². The van der Waals surface area contributed by atoms with E-state index in [-0.39, 0.29) is 17.4 Å². The Labute approximate surface area is 175 Å². The molecule has 1 heterocycles. The van der Waals surface area contributed by atoms with E-state index < -0.39 is 23.2 Å². The van der Waals surface area contributed by atoms with Crippen LogP contribution in [0.1, 0.15) is 13.3 Å². The molecule has 0 fully saturated rings. The van der Waals surface area contributed by atoms with Gasteiger partial charge in [0.2, 0.25) is 5.91 Å². The predicted octanol–water partition coefficient (Wildman–Crippen LogP) is 4.37. The number of hydrogen-bond acceptors (Lipinski definition) is 5. The van der Waals surface area contributed by atoms with Crippen molar-refractivity contribution in [2.45, 2.75) is 29.6 Å². The second-order valence-electron chi connectivity index (χ2n) is 6.04. The Hall–Kier alpha value is -2.22. The Morgan fingerprint density at radius 3 is 2.75 bits per heavy atom. The van der Waals surface area contributed by atoms with Crippen molar-refractivity contribution in [2.75, 3.05) is 10.6 Å². The number of fused-ring (bicyclic) bond motifs is 1. The predicted molar refractivity (Wildman–Crippen MR) is 110 cm³/mol. The summed E-state index contributed by atoms with van der Waals surface area (Å²) in [6.45, 7) is 1.44. The van der Waals surface area contributed by atoms with Crippen LogP contribution in [0.5, 0.6) is 0 Å². The van der Waals surface area contributed by atoms with Gasteiger partial charge in [0, 0.05) is 9.92 Å². The van der Waals surface area contributed by atoms with Crippen LogP contribution in [-0.4, -0.2) is 29.1 Å². The SMILES string of the molecule is CC(OC(=O)CC1Sc2ccccc2NC1=O)C(=O)Nc1ccc(Cl)cc1Cl. The summed E-state index contributed by atoms with van der Waals surface area (Å²) in [6.07, 6.45) is -1.20. The molecule has 2 aromatic rings. The topological polar surface area (TPSA) is 84.5 Å². The molecule has 0 saturated carbocycles. The fourth-order valence-electron chi connectivity index (χ4n) is 2.50. The molecule has 3 rings (SSSR count). The number of carbonyl (C=O) groups is 3. The Bertz CT molecular complexity index is 938. The normalized spacial score (nSPS) is 16.5. The minimum atomic E-state index is -1.05. The molecule has 6 nitrogen and oxygen atoms in total. The minimum Gasteiger partial charge on any atom is -0.452 e. The molecule has 0 saturated heterocycles. The van der Waals surface area contributed by atoms with Gasteiger partial charge >= 0.3 is 5.97 Å². The first kappa shape index (κ1) is 20.5. The van der Waals surface area contributed by atoms with Gasteiger partial charge in [0.05, 0.1) is 28.1 Å². The Morgan fingerprint density at radius 1 is 1.25 bits per heavy atom. The van der Waals surface area contributed by atoms with E-state index in [9.17, 15) is 14.4 Å². The molecule has 9 heteroatoms. The quantitative estimate of drug-likeness (QED) is 0.677. The second kappa shape index (κ2) is 8.86. The molecular weight excluding hydrogens is 423 g/mol. The molecule has 2 atom stereocenters. The van der Waals surface area contributed by atoms with E-state index in [2.05, 4.69) is 10.6 Å². The first-order chi connectivity index (χ1) is 13.3. The number of nitrogens with one attached hydrogen (secondary N) is 2. The minimum absolute atomic E-state index is 0.149. The Morgan fingerprint density at radius 2 is 2.00 bits per heavy atom.